The Hall–Kier alpha value is 0.660. The van der Waals surface area contributed by atoms with Crippen LogP contribution in [0.3, 0.4) is 0 Å². The minimum Gasteiger partial charge on any atom is -0.184 e. The van der Waals surface area contributed by atoms with Gasteiger partial charge in [-0.05, 0) is 0 Å². The van der Waals surface area contributed by atoms with Crippen LogP contribution in [0.15, 0.2) is 0 Å². The van der Waals surface area contributed by atoms with Crippen molar-refractivity contribution in [2.45, 2.75) is 0 Å². The maximum absolute atomic E-state index is 7.61. The van der Waals surface area contributed by atoms with Crippen molar-refractivity contribution in [3.05, 3.63) is 0 Å². The Balaban J connectivity index is 3.02. The summed E-state index contributed by atoms with van der Waals surface area (Å²) in [5.41, 5.74) is 0. The Morgan fingerprint density at radius 2 is 1.20 bits per heavy atom. The quantitative estimate of drug-likeness (QED) is 0.256. The van der Waals surface area contributed by atoms with E-state index in [2.05, 4.69) is 12.2 Å². The van der Waals surface area contributed by atoms with E-state index in [0.717, 1.165) is 0 Å². The van der Waals surface area contributed by atoms with Gasteiger partial charge in [0.15, 0.2) is 0 Å². The highest BCUT2D eigenvalue weighted by atomic mass is 32.7. The van der Waals surface area contributed by atoms with Crippen LogP contribution in [-0.4, -0.2) is 14.7 Å². The maximum Gasteiger partial charge on any atom is 0.470 e. The normalized spacial score (nSPS) is 12.0. The third kappa shape index (κ3) is 75.7. The Bertz CT molecular complexity index is 22.4. The van der Waals surface area contributed by atoms with Gasteiger partial charge in [-0.1, -0.05) is 0 Å². The van der Waals surface area contributed by atoms with E-state index in [1.807, 2.05) is 0 Å². The number of thiol groups is 1. The zero-order chi connectivity index (χ0) is 4.50. The molecule has 0 radical (unpaired) electrons. The molecule has 0 saturated heterocycles. The van der Waals surface area contributed by atoms with Crippen LogP contribution < -0.4 is 0 Å². The summed E-state index contributed by atoms with van der Waals surface area (Å²) in [5.74, 6) is 0. The van der Waals surface area contributed by atoms with E-state index in [9.17, 15) is 0 Å². The Morgan fingerprint density at radius 1 is 1.20 bits per heavy atom. The molecular formula is H4O3PS+. The molecule has 0 bridgehead atoms. The van der Waals surface area contributed by atoms with Crippen molar-refractivity contribution in [2.75, 3.05) is 0 Å². The fourth-order valence-corrected chi connectivity index (χ4v) is 0. The molecule has 0 aliphatic heterocycles. The molecule has 0 aromatic heterocycles. The van der Waals surface area contributed by atoms with E-state index in [4.69, 9.17) is 14.7 Å². The predicted octanol–water partition coefficient (Wildman–Crippen LogP) is -0.429. The zero-order valence-corrected chi connectivity index (χ0v) is 4.02. The summed E-state index contributed by atoms with van der Waals surface area (Å²) in [6.45, 7) is 0. The van der Waals surface area contributed by atoms with Crippen LogP contribution in [0.4, 0.5) is 0 Å². The van der Waals surface area contributed by atoms with Crippen LogP contribution in [0.1, 0.15) is 0 Å². The molecule has 0 aromatic rings. The third-order valence-corrected chi connectivity index (χ3v) is 0. The molecule has 0 spiro atoms. The predicted molar refractivity (Wildman–Crippen MR) is 22.6 cm³/mol. The first-order valence-corrected chi connectivity index (χ1v) is 3.60. The smallest absolute Gasteiger partial charge is 0.184 e. The van der Waals surface area contributed by atoms with Crippen molar-refractivity contribution in [2.24, 2.45) is 0 Å². The lowest BCUT2D eigenvalue weighted by Crippen LogP contribution is -1.69. The van der Waals surface area contributed by atoms with Gasteiger partial charge in [-0.25, -0.2) is 0 Å². The summed E-state index contributed by atoms with van der Waals surface area (Å²) in [6, 6.07) is 0. The van der Waals surface area contributed by atoms with Crippen LogP contribution in [-0.2, 0) is 0 Å². The van der Waals surface area contributed by atoms with Crippen LogP contribution in [0.5, 0.6) is 0 Å². The fourth-order valence-electron chi connectivity index (χ4n) is 0. The highest BCUT2D eigenvalue weighted by Crippen LogP contribution is 2.49. The molecule has 5 heavy (non-hydrogen) atoms. The van der Waals surface area contributed by atoms with Gasteiger partial charge >= 0.3 is 7.15 Å². The lowest BCUT2D eigenvalue weighted by Gasteiger charge is -1.85. The van der Waals surface area contributed by atoms with Crippen molar-refractivity contribution in [1.29, 1.82) is 0 Å². The van der Waals surface area contributed by atoms with E-state index >= 15 is 0 Å². The van der Waals surface area contributed by atoms with Crippen molar-refractivity contribution >= 4 is 19.4 Å². The summed E-state index contributed by atoms with van der Waals surface area (Å²) in [5, 5.41) is 0. The van der Waals surface area contributed by atoms with Crippen LogP contribution in [0.2, 0.25) is 0 Å². The van der Waals surface area contributed by atoms with Gasteiger partial charge in [0.25, 0.3) is 0 Å². The molecule has 32 valence electrons. The van der Waals surface area contributed by atoms with E-state index < -0.39 is 7.15 Å². The molecule has 0 fully saturated rings. The van der Waals surface area contributed by atoms with Gasteiger partial charge in [0.1, 0.15) is 0 Å². The summed E-state index contributed by atoms with van der Waals surface area (Å²) in [6.07, 6.45) is 0. The number of hydrogen-bond acceptors (Lipinski definition) is 4. The lowest BCUT2D eigenvalue weighted by atomic mass is 15.8. The first-order valence-electron chi connectivity index (χ1n) is 0.800. The molecule has 0 atom stereocenters. The van der Waals surface area contributed by atoms with Crippen molar-refractivity contribution in [3.63, 3.8) is 0 Å². The van der Waals surface area contributed by atoms with E-state index in [1.54, 1.807) is 0 Å². The fraction of sp³-hybridized carbons (Fsp3) is 0. The minimum absolute atomic E-state index is 2.90. The van der Waals surface area contributed by atoms with Gasteiger partial charge in [0.2, 0.25) is 0 Å². The third-order valence-electron chi connectivity index (χ3n) is 0. The van der Waals surface area contributed by atoms with Gasteiger partial charge in [0.05, 0.1) is 12.2 Å². The molecule has 0 saturated carbocycles. The summed E-state index contributed by atoms with van der Waals surface area (Å²) >= 11 is 2.90. The van der Waals surface area contributed by atoms with E-state index in [-0.39, 0.29) is 0 Å². The summed E-state index contributed by atoms with van der Waals surface area (Å²) < 4.78 is 0. The van der Waals surface area contributed by atoms with Gasteiger partial charge < -0.3 is 0 Å². The van der Waals surface area contributed by atoms with E-state index in [0.29, 0.717) is 0 Å². The molecule has 3 nitrogen and oxygen atoms in total. The monoisotopic (exact) mass is 115 g/mol. The zero-order valence-electron chi connectivity index (χ0n) is 2.24. The molecule has 0 amide bonds. The minimum atomic E-state index is -3.69. The second-order valence-electron chi connectivity index (χ2n) is 0.537. The highest BCUT2D eigenvalue weighted by Gasteiger charge is 2.20. The van der Waals surface area contributed by atoms with Gasteiger partial charge in [0, 0.05) is 0 Å². The van der Waals surface area contributed by atoms with Gasteiger partial charge in [-0.15, -0.1) is 0 Å². The van der Waals surface area contributed by atoms with Crippen molar-refractivity contribution in [3.8, 4) is 0 Å². The molecule has 0 aliphatic rings. The maximum atomic E-state index is 7.61. The Labute approximate surface area is 35.0 Å². The average Bonchev–Trinajstić information content (AvgIpc) is 0.722. The summed E-state index contributed by atoms with van der Waals surface area (Å²) in [4.78, 5) is 22.8. The molecule has 0 aliphatic carbocycles. The standard InChI is InChI=1S/H4O3PS/c1-4(2,3)5/h1-3,5H/q+1. The molecule has 0 heterocycles. The topological polar surface area (TPSA) is 60.7 Å². The first kappa shape index (κ1) is 5.66. The Morgan fingerprint density at radius 3 is 1.20 bits per heavy atom. The molecular weight excluding hydrogens is 111 g/mol. The van der Waals surface area contributed by atoms with Crippen LogP contribution >= 0.6 is 19.4 Å². The Kier molecular flexibility index (Phi) is 1.59. The second-order valence-corrected chi connectivity index (χ2v) is 3.22. The van der Waals surface area contributed by atoms with E-state index in [1.165, 1.54) is 0 Å². The van der Waals surface area contributed by atoms with Crippen LogP contribution in [0.25, 0.3) is 0 Å². The largest absolute Gasteiger partial charge is 0.470 e. The lowest BCUT2D eigenvalue weighted by molar-refractivity contribution is 0.359. The molecule has 0 aromatic carbocycles. The van der Waals surface area contributed by atoms with Gasteiger partial charge in [-0.3, -0.25) is 0 Å². The SMILES string of the molecule is O[P+](O)(O)S. The van der Waals surface area contributed by atoms with Crippen LogP contribution in [0, 0.1) is 0 Å². The molecule has 3 N–H and O–H groups in total. The highest BCUT2D eigenvalue weighted by molar-refractivity contribution is 8.46. The molecule has 5 heteroatoms. The summed E-state index contributed by atoms with van der Waals surface area (Å²) in [7, 11) is -3.69. The molecule has 0 rings (SSSR count). The second kappa shape index (κ2) is 1.41. The average molecular weight is 115 g/mol. The first-order chi connectivity index (χ1) is 2.00. The van der Waals surface area contributed by atoms with Crippen molar-refractivity contribution in [1.82, 2.24) is 0 Å². The van der Waals surface area contributed by atoms with Crippen molar-refractivity contribution < 1.29 is 14.7 Å². The number of rotatable bonds is 0. The number of hydrogen-bond donors (Lipinski definition) is 4. The van der Waals surface area contributed by atoms with Gasteiger partial charge in [-0.2, -0.15) is 14.7 Å². The molecule has 0 unspecified atom stereocenters.